The molecule has 8 nitrogen and oxygen atoms in total. The maximum Gasteiger partial charge on any atom is 0.225 e. The Kier molecular flexibility index (Phi) is 6.63. The number of tetrazole rings is 1. The van der Waals surface area contributed by atoms with Gasteiger partial charge < -0.3 is 4.90 Å². The molecule has 0 aliphatic carbocycles. The van der Waals surface area contributed by atoms with E-state index in [1.807, 2.05) is 22.9 Å². The average molecular weight is 441 g/mol. The molecule has 0 saturated carbocycles. The van der Waals surface area contributed by atoms with Crippen molar-refractivity contribution in [1.29, 1.82) is 0 Å². The molecular formula is C25H28N8. The van der Waals surface area contributed by atoms with Crippen LogP contribution in [0.2, 0.25) is 0 Å². The van der Waals surface area contributed by atoms with Gasteiger partial charge in [0.25, 0.3) is 0 Å². The molecule has 1 aliphatic heterocycles. The molecule has 0 amide bonds. The number of aromatic nitrogens is 6. The number of hydrogen-bond donors (Lipinski definition) is 0. The zero-order valence-corrected chi connectivity index (χ0v) is 18.6. The van der Waals surface area contributed by atoms with E-state index in [-0.39, 0.29) is 5.92 Å². The minimum atomic E-state index is 0.0109. The quantitative estimate of drug-likeness (QED) is 0.417. The second kappa shape index (κ2) is 10.3. The highest BCUT2D eigenvalue weighted by atomic mass is 15.5. The Labute approximate surface area is 193 Å². The number of aryl methyl sites for hydroxylation is 1. The van der Waals surface area contributed by atoms with Crippen LogP contribution in [0.25, 0.3) is 0 Å². The maximum atomic E-state index is 4.45. The van der Waals surface area contributed by atoms with E-state index in [0.29, 0.717) is 0 Å². The fourth-order valence-electron chi connectivity index (χ4n) is 4.43. The summed E-state index contributed by atoms with van der Waals surface area (Å²) in [7, 11) is 0. The van der Waals surface area contributed by atoms with Crippen molar-refractivity contribution in [1.82, 2.24) is 35.1 Å². The topological polar surface area (TPSA) is 75.9 Å². The van der Waals surface area contributed by atoms with Crippen LogP contribution in [0.5, 0.6) is 0 Å². The van der Waals surface area contributed by atoms with Gasteiger partial charge in [-0.3, -0.25) is 4.90 Å². The van der Waals surface area contributed by atoms with Crippen LogP contribution < -0.4 is 4.90 Å². The van der Waals surface area contributed by atoms with Gasteiger partial charge in [-0.2, -0.15) is 0 Å². The second-order valence-corrected chi connectivity index (χ2v) is 8.25. The maximum absolute atomic E-state index is 4.45. The third-order valence-corrected chi connectivity index (χ3v) is 6.14. The van der Waals surface area contributed by atoms with E-state index in [9.17, 15) is 0 Å². The van der Waals surface area contributed by atoms with Crippen LogP contribution >= 0.6 is 0 Å². The Morgan fingerprint density at radius 1 is 0.727 bits per heavy atom. The van der Waals surface area contributed by atoms with E-state index in [0.717, 1.165) is 57.5 Å². The molecule has 1 fully saturated rings. The van der Waals surface area contributed by atoms with Gasteiger partial charge in [-0.25, -0.2) is 14.6 Å². The molecule has 33 heavy (non-hydrogen) atoms. The predicted molar refractivity (Wildman–Crippen MR) is 127 cm³/mol. The van der Waals surface area contributed by atoms with Gasteiger partial charge in [-0.05, 0) is 34.0 Å². The summed E-state index contributed by atoms with van der Waals surface area (Å²) in [5.41, 5.74) is 2.39. The Bertz CT molecular complexity index is 1070. The SMILES string of the molecule is c1ccc(C(c2ccccc2)c2nnnn2CCCN2CCN(c3ncccn3)CC2)cc1. The van der Waals surface area contributed by atoms with Crippen molar-refractivity contribution in [3.05, 3.63) is 96.1 Å². The lowest BCUT2D eigenvalue weighted by Gasteiger charge is -2.34. The summed E-state index contributed by atoms with van der Waals surface area (Å²) < 4.78 is 1.97. The number of hydrogen-bond acceptors (Lipinski definition) is 7. The van der Waals surface area contributed by atoms with Crippen LogP contribution in [0.1, 0.15) is 29.3 Å². The van der Waals surface area contributed by atoms with Crippen molar-refractivity contribution < 1.29 is 0 Å². The first kappa shape index (κ1) is 21.2. The van der Waals surface area contributed by atoms with Crippen LogP contribution in [0.4, 0.5) is 5.95 Å². The fourth-order valence-corrected chi connectivity index (χ4v) is 4.43. The Hall–Kier alpha value is -3.65. The van der Waals surface area contributed by atoms with E-state index < -0.39 is 0 Å². The van der Waals surface area contributed by atoms with Crippen LogP contribution in [-0.4, -0.2) is 67.8 Å². The second-order valence-electron chi connectivity index (χ2n) is 8.25. The smallest absolute Gasteiger partial charge is 0.225 e. The molecule has 1 saturated heterocycles. The molecule has 168 valence electrons. The lowest BCUT2D eigenvalue weighted by molar-refractivity contribution is 0.247. The summed E-state index contributed by atoms with van der Waals surface area (Å²) in [6, 6.07) is 22.8. The Balaban J connectivity index is 1.22. The van der Waals surface area contributed by atoms with Crippen molar-refractivity contribution >= 4 is 5.95 Å². The molecule has 0 unspecified atom stereocenters. The van der Waals surface area contributed by atoms with E-state index >= 15 is 0 Å². The summed E-state index contributed by atoms with van der Waals surface area (Å²) in [4.78, 5) is 13.5. The summed E-state index contributed by atoms with van der Waals surface area (Å²) in [5.74, 6) is 1.72. The number of piperazine rings is 1. The highest BCUT2D eigenvalue weighted by Gasteiger charge is 2.23. The van der Waals surface area contributed by atoms with Gasteiger partial charge in [-0.1, -0.05) is 60.7 Å². The summed E-state index contributed by atoms with van der Waals surface area (Å²) in [6.45, 7) is 5.73. The first-order valence-electron chi connectivity index (χ1n) is 11.5. The monoisotopic (exact) mass is 440 g/mol. The standard InChI is InChI=1S/C25H28N8/c1-3-9-21(10-4-1)23(22-11-5-2-6-12-22)24-28-29-30-33(24)16-8-15-31-17-19-32(20-18-31)25-26-13-7-14-27-25/h1-7,9-14,23H,8,15-20H2. The molecule has 0 radical (unpaired) electrons. The van der Waals surface area contributed by atoms with Gasteiger partial charge in [0.2, 0.25) is 5.95 Å². The molecular weight excluding hydrogens is 412 g/mol. The summed E-state index contributed by atoms with van der Waals surface area (Å²) >= 11 is 0. The molecule has 2 aromatic carbocycles. The van der Waals surface area contributed by atoms with Gasteiger partial charge in [0.1, 0.15) is 0 Å². The largest absolute Gasteiger partial charge is 0.338 e. The van der Waals surface area contributed by atoms with Crippen molar-refractivity contribution in [2.24, 2.45) is 0 Å². The van der Waals surface area contributed by atoms with Gasteiger partial charge in [0.05, 0.1) is 5.92 Å². The van der Waals surface area contributed by atoms with E-state index in [1.54, 1.807) is 12.4 Å². The van der Waals surface area contributed by atoms with E-state index in [4.69, 9.17) is 0 Å². The molecule has 0 spiro atoms. The third kappa shape index (κ3) is 5.06. The number of anilines is 1. The zero-order chi connectivity index (χ0) is 22.3. The van der Waals surface area contributed by atoms with Crippen molar-refractivity contribution in [2.45, 2.75) is 18.9 Å². The predicted octanol–water partition coefficient (Wildman–Crippen LogP) is 2.86. The Morgan fingerprint density at radius 2 is 1.36 bits per heavy atom. The molecule has 5 rings (SSSR count). The lowest BCUT2D eigenvalue weighted by atomic mass is 9.90. The van der Waals surface area contributed by atoms with Crippen LogP contribution in [0.3, 0.4) is 0 Å². The molecule has 8 heteroatoms. The van der Waals surface area contributed by atoms with Crippen LogP contribution in [0, 0.1) is 0 Å². The van der Waals surface area contributed by atoms with Crippen LogP contribution in [-0.2, 0) is 6.54 Å². The number of benzene rings is 2. The minimum Gasteiger partial charge on any atom is -0.338 e. The normalized spacial score (nSPS) is 14.6. The Morgan fingerprint density at radius 3 is 2.00 bits per heavy atom. The molecule has 0 N–H and O–H groups in total. The van der Waals surface area contributed by atoms with Gasteiger partial charge in [-0.15, -0.1) is 5.10 Å². The molecule has 2 aromatic heterocycles. The van der Waals surface area contributed by atoms with Gasteiger partial charge >= 0.3 is 0 Å². The van der Waals surface area contributed by atoms with Crippen molar-refractivity contribution in [2.75, 3.05) is 37.6 Å². The van der Waals surface area contributed by atoms with Gasteiger partial charge in [0, 0.05) is 51.7 Å². The number of rotatable bonds is 8. The van der Waals surface area contributed by atoms with Crippen molar-refractivity contribution in [3.8, 4) is 0 Å². The molecule has 4 aromatic rings. The molecule has 0 atom stereocenters. The van der Waals surface area contributed by atoms with E-state index in [1.165, 1.54) is 11.1 Å². The first-order valence-corrected chi connectivity index (χ1v) is 11.5. The van der Waals surface area contributed by atoms with Crippen LogP contribution in [0.15, 0.2) is 79.1 Å². The average Bonchev–Trinajstić information content (AvgIpc) is 3.34. The molecule has 1 aliphatic rings. The first-order chi connectivity index (χ1) is 16.4. The van der Waals surface area contributed by atoms with Crippen molar-refractivity contribution in [3.63, 3.8) is 0 Å². The molecule has 0 bridgehead atoms. The molecule has 3 heterocycles. The fraction of sp³-hybridized carbons (Fsp3) is 0.320. The lowest BCUT2D eigenvalue weighted by Crippen LogP contribution is -2.47. The third-order valence-electron chi connectivity index (χ3n) is 6.14. The minimum absolute atomic E-state index is 0.0109. The summed E-state index contributed by atoms with van der Waals surface area (Å²) in [6.07, 6.45) is 4.60. The summed E-state index contributed by atoms with van der Waals surface area (Å²) in [5, 5.41) is 12.8. The van der Waals surface area contributed by atoms with Gasteiger partial charge in [0.15, 0.2) is 5.82 Å². The zero-order valence-electron chi connectivity index (χ0n) is 18.6. The highest BCUT2D eigenvalue weighted by molar-refractivity contribution is 5.38. The number of nitrogens with zero attached hydrogens (tertiary/aromatic N) is 8. The van der Waals surface area contributed by atoms with E-state index in [2.05, 4.69) is 83.8 Å². The highest BCUT2D eigenvalue weighted by Crippen LogP contribution is 2.30.